The summed E-state index contributed by atoms with van der Waals surface area (Å²) in [6.07, 6.45) is 8.36. The summed E-state index contributed by atoms with van der Waals surface area (Å²) in [5.74, 6) is -0.0851. The van der Waals surface area contributed by atoms with Gasteiger partial charge in [-0.05, 0) is 19.8 Å². The molecule has 0 saturated heterocycles. The lowest BCUT2D eigenvalue weighted by molar-refractivity contribution is 0.0658. The number of aromatic carboxylic acids is 1. The third kappa shape index (κ3) is 2.87. The average Bonchev–Trinajstić information content (AvgIpc) is 2.59. The maximum absolute atomic E-state index is 10.9. The van der Waals surface area contributed by atoms with Gasteiger partial charge in [-0.1, -0.05) is 32.1 Å². The van der Waals surface area contributed by atoms with Gasteiger partial charge in [0.05, 0.1) is 5.69 Å². The van der Waals surface area contributed by atoms with Crippen LogP contribution in [0.3, 0.4) is 0 Å². The molecule has 0 unspecified atom stereocenters. The Morgan fingerprint density at radius 2 is 1.82 bits per heavy atom. The first-order valence-electron chi connectivity index (χ1n) is 6.39. The molecule has 1 heterocycles. The maximum atomic E-state index is 10.9. The lowest BCUT2D eigenvalue weighted by atomic mass is 9.91. The summed E-state index contributed by atoms with van der Waals surface area (Å²) < 4.78 is 5.40. The first kappa shape index (κ1) is 12.1. The minimum atomic E-state index is -1.02. The van der Waals surface area contributed by atoms with E-state index in [1.165, 1.54) is 32.1 Å². The number of carbonyl (C=O) groups is 1. The highest BCUT2D eigenvalue weighted by molar-refractivity contribution is 5.85. The Balaban J connectivity index is 2.14. The molecule has 1 aromatic rings. The van der Waals surface area contributed by atoms with Crippen LogP contribution in [0.2, 0.25) is 0 Å². The molecule has 1 fully saturated rings. The van der Waals surface area contributed by atoms with Crippen molar-refractivity contribution in [1.29, 1.82) is 0 Å². The summed E-state index contributed by atoms with van der Waals surface area (Å²) in [6.45, 7) is 1.69. The number of hydrogen-bond acceptors (Lipinski definition) is 3. The van der Waals surface area contributed by atoms with Crippen LogP contribution in [0.15, 0.2) is 4.42 Å². The second-order valence-corrected chi connectivity index (χ2v) is 4.81. The van der Waals surface area contributed by atoms with E-state index in [1.54, 1.807) is 6.92 Å². The molecule has 0 aliphatic heterocycles. The first-order chi connectivity index (χ1) is 8.18. The number of rotatable bonds is 2. The van der Waals surface area contributed by atoms with Gasteiger partial charge >= 0.3 is 5.97 Å². The fourth-order valence-corrected chi connectivity index (χ4v) is 2.49. The summed E-state index contributed by atoms with van der Waals surface area (Å²) >= 11 is 0. The molecule has 4 heteroatoms. The van der Waals surface area contributed by atoms with Crippen LogP contribution in [-0.2, 0) is 0 Å². The van der Waals surface area contributed by atoms with Crippen LogP contribution in [0.1, 0.15) is 73.0 Å². The van der Waals surface area contributed by atoms with Gasteiger partial charge in [-0.25, -0.2) is 9.78 Å². The zero-order valence-electron chi connectivity index (χ0n) is 10.2. The number of carboxylic acid groups (broad SMARTS) is 1. The van der Waals surface area contributed by atoms with Crippen LogP contribution in [0, 0.1) is 6.92 Å². The number of hydrogen-bond donors (Lipinski definition) is 1. The molecule has 0 radical (unpaired) electrons. The quantitative estimate of drug-likeness (QED) is 0.854. The van der Waals surface area contributed by atoms with Crippen molar-refractivity contribution in [3.63, 3.8) is 0 Å². The van der Waals surface area contributed by atoms with Gasteiger partial charge in [0.15, 0.2) is 5.89 Å². The summed E-state index contributed by atoms with van der Waals surface area (Å²) in [7, 11) is 0. The summed E-state index contributed by atoms with van der Waals surface area (Å²) in [4.78, 5) is 15.2. The summed E-state index contributed by atoms with van der Waals surface area (Å²) in [6, 6.07) is 0. The molecule has 0 amide bonds. The zero-order valence-corrected chi connectivity index (χ0v) is 10.2. The zero-order chi connectivity index (χ0) is 12.3. The second-order valence-electron chi connectivity index (χ2n) is 4.81. The Kier molecular flexibility index (Phi) is 3.82. The number of carboxylic acids is 1. The molecule has 1 saturated carbocycles. The predicted molar refractivity (Wildman–Crippen MR) is 63.3 cm³/mol. The standard InChI is InChI=1S/C13H19NO3/c1-9-11(13(15)16)17-12(14-9)10-7-5-3-2-4-6-8-10/h10H,2-8H2,1H3,(H,15,16). The van der Waals surface area contributed by atoms with E-state index in [0.29, 0.717) is 17.5 Å². The van der Waals surface area contributed by atoms with Gasteiger partial charge in [-0.3, -0.25) is 0 Å². The van der Waals surface area contributed by atoms with Crippen LogP contribution < -0.4 is 0 Å². The minimum absolute atomic E-state index is 0.00191. The molecule has 2 rings (SSSR count). The normalized spacial score (nSPS) is 18.6. The average molecular weight is 237 g/mol. The molecule has 17 heavy (non-hydrogen) atoms. The van der Waals surface area contributed by atoms with E-state index in [-0.39, 0.29) is 5.76 Å². The van der Waals surface area contributed by atoms with E-state index in [2.05, 4.69) is 4.98 Å². The topological polar surface area (TPSA) is 63.3 Å². The minimum Gasteiger partial charge on any atom is -0.475 e. The van der Waals surface area contributed by atoms with Crippen molar-refractivity contribution in [1.82, 2.24) is 4.98 Å². The second kappa shape index (κ2) is 5.34. The number of oxazole rings is 1. The first-order valence-corrected chi connectivity index (χ1v) is 6.39. The maximum Gasteiger partial charge on any atom is 0.373 e. The molecule has 0 spiro atoms. The van der Waals surface area contributed by atoms with E-state index < -0.39 is 5.97 Å². The van der Waals surface area contributed by atoms with E-state index in [0.717, 1.165) is 12.8 Å². The lowest BCUT2D eigenvalue weighted by Crippen LogP contribution is -2.02. The molecule has 0 aromatic carbocycles. The Morgan fingerprint density at radius 1 is 1.24 bits per heavy atom. The molecule has 0 atom stereocenters. The fourth-order valence-electron chi connectivity index (χ4n) is 2.49. The van der Waals surface area contributed by atoms with Crippen LogP contribution in [0.5, 0.6) is 0 Å². The lowest BCUT2D eigenvalue weighted by Gasteiger charge is -2.16. The van der Waals surface area contributed by atoms with Gasteiger partial charge in [0.25, 0.3) is 0 Å². The number of nitrogens with zero attached hydrogens (tertiary/aromatic N) is 1. The van der Waals surface area contributed by atoms with Gasteiger partial charge in [0.1, 0.15) is 0 Å². The van der Waals surface area contributed by atoms with Crippen molar-refractivity contribution in [2.45, 2.75) is 57.8 Å². The third-order valence-corrected chi connectivity index (χ3v) is 3.46. The Hall–Kier alpha value is -1.32. The number of aromatic nitrogens is 1. The Bertz CT molecular complexity index is 389. The Morgan fingerprint density at radius 3 is 2.35 bits per heavy atom. The van der Waals surface area contributed by atoms with Crippen molar-refractivity contribution in [2.24, 2.45) is 0 Å². The van der Waals surface area contributed by atoms with Crippen molar-refractivity contribution >= 4 is 5.97 Å². The summed E-state index contributed by atoms with van der Waals surface area (Å²) in [5.41, 5.74) is 0.495. The van der Waals surface area contributed by atoms with Crippen LogP contribution in [0.4, 0.5) is 0 Å². The van der Waals surface area contributed by atoms with Crippen molar-refractivity contribution < 1.29 is 14.3 Å². The van der Waals surface area contributed by atoms with E-state index in [4.69, 9.17) is 9.52 Å². The van der Waals surface area contributed by atoms with Crippen LogP contribution >= 0.6 is 0 Å². The molecule has 4 nitrogen and oxygen atoms in total. The van der Waals surface area contributed by atoms with Gasteiger partial charge < -0.3 is 9.52 Å². The SMILES string of the molecule is Cc1nc(C2CCCCCCC2)oc1C(=O)O. The number of aryl methyl sites for hydroxylation is 1. The predicted octanol–water partition coefficient (Wildman–Crippen LogP) is 3.51. The molecule has 1 aliphatic rings. The third-order valence-electron chi connectivity index (χ3n) is 3.46. The molecule has 94 valence electrons. The molecule has 1 N–H and O–H groups in total. The van der Waals surface area contributed by atoms with Crippen molar-refractivity contribution in [3.05, 3.63) is 17.3 Å². The van der Waals surface area contributed by atoms with Crippen LogP contribution in [-0.4, -0.2) is 16.1 Å². The van der Waals surface area contributed by atoms with Crippen LogP contribution in [0.25, 0.3) is 0 Å². The van der Waals surface area contributed by atoms with Crippen molar-refractivity contribution in [2.75, 3.05) is 0 Å². The van der Waals surface area contributed by atoms with Gasteiger partial charge in [0, 0.05) is 5.92 Å². The van der Waals surface area contributed by atoms with Gasteiger partial charge in [0.2, 0.25) is 5.76 Å². The fraction of sp³-hybridized carbons (Fsp3) is 0.692. The molecular formula is C13H19NO3. The monoisotopic (exact) mass is 237 g/mol. The highest BCUT2D eigenvalue weighted by Crippen LogP contribution is 2.31. The molecular weight excluding hydrogens is 218 g/mol. The summed E-state index contributed by atoms with van der Waals surface area (Å²) in [5, 5.41) is 8.94. The molecule has 0 bridgehead atoms. The van der Waals surface area contributed by atoms with Gasteiger partial charge in [-0.2, -0.15) is 0 Å². The van der Waals surface area contributed by atoms with E-state index in [9.17, 15) is 4.79 Å². The largest absolute Gasteiger partial charge is 0.475 e. The van der Waals surface area contributed by atoms with Gasteiger partial charge in [-0.15, -0.1) is 0 Å². The molecule has 1 aromatic heterocycles. The smallest absolute Gasteiger partial charge is 0.373 e. The Labute approximate surface area is 101 Å². The highest BCUT2D eigenvalue weighted by Gasteiger charge is 2.22. The van der Waals surface area contributed by atoms with E-state index in [1.807, 2.05) is 0 Å². The van der Waals surface area contributed by atoms with E-state index >= 15 is 0 Å². The molecule has 1 aliphatic carbocycles. The van der Waals surface area contributed by atoms with Crippen molar-refractivity contribution in [3.8, 4) is 0 Å². The highest BCUT2D eigenvalue weighted by atomic mass is 16.4.